The quantitative estimate of drug-likeness (QED) is 0.707. The summed E-state index contributed by atoms with van der Waals surface area (Å²) in [5.41, 5.74) is 2.92. The highest BCUT2D eigenvalue weighted by atomic mass is 32.2. The van der Waals surface area contributed by atoms with Crippen LogP contribution in [0, 0.1) is 0 Å². The van der Waals surface area contributed by atoms with Crippen molar-refractivity contribution in [3.8, 4) is 0 Å². The van der Waals surface area contributed by atoms with Crippen molar-refractivity contribution in [2.24, 2.45) is 0 Å². The molecule has 6 heteroatoms. The van der Waals surface area contributed by atoms with Gasteiger partial charge in [-0.05, 0) is 30.7 Å². The van der Waals surface area contributed by atoms with E-state index in [9.17, 15) is 13.2 Å². The van der Waals surface area contributed by atoms with E-state index in [0.717, 1.165) is 0 Å². The van der Waals surface area contributed by atoms with Gasteiger partial charge in [-0.15, -0.1) is 0 Å². The topological polar surface area (TPSA) is 66.5 Å². The Labute approximate surface area is 170 Å². The lowest BCUT2D eigenvalue weighted by Crippen LogP contribution is -2.39. The number of carbonyl (C=O) groups is 1. The maximum atomic E-state index is 13.5. The second-order valence-electron chi connectivity index (χ2n) is 6.58. The van der Waals surface area contributed by atoms with Gasteiger partial charge in [0, 0.05) is 23.4 Å². The van der Waals surface area contributed by atoms with Gasteiger partial charge in [-0.3, -0.25) is 9.10 Å². The standard InChI is InChI=1S/C23H20N2O3S/c1-2-25-20-16-10-9-15-19(20)21(17-11-5-3-6-12-17)22(29(25,27)28)23(26)24-18-13-7-4-8-14-18/h3-16H,2H2,1H3,(H,24,26). The van der Waals surface area contributed by atoms with Crippen LogP contribution in [-0.4, -0.2) is 20.9 Å². The summed E-state index contributed by atoms with van der Waals surface area (Å²) in [6.07, 6.45) is 0. The minimum absolute atomic E-state index is 0.226. The summed E-state index contributed by atoms with van der Waals surface area (Å²) in [4.78, 5) is 13.0. The van der Waals surface area contributed by atoms with Gasteiger partial charge in [-0.25, -0.2) is 8.42 Å². The molecule has 3 aromatic rings. The maximum Gasteiger partial charge on any atom is 0.270 e. The first kappa shape index (κ1) is 19.0. The van der Waals surface area contributed by atoms with Crippen molar-refractivity contribution in [2.75, 3.05) is 16.2 Å². The smallest absolute Gasteiger partial charge is 0.270 e. The van der Waals surface area contributed by atoms with Gasteiger partial charge in [0.25, 0.3) is 15.9 Å². The van der Waals surface area contributed by atoms with Crippen molar-refractivity contribution < 1.29 is 13.2 Å². The number of hydrogen-bond acceptors (Lipinski definition) is 3. The summed E-state index contributed by atoms with van der Waals surface area (Å²) in [7, 11) is -4.04. The number of para-hydroxylation sites is 2. The largest absolute Gasteiger partial charge is 0.321 e. The molecule has 0 saturated carbocycles. The van der Waals surface area contributed by atoms with Crippen molar-refractivity contribution in [3.63, 3.8) is 0 Å². The van der Waals surface area contributed by atoms with Gasteiger partial charge in [0.05, 0.1) is 5.69 Å². The predicted octanol–water partition coefficient (Wildman–Crippen LogP) is 4.25. The molecule has 1 aliphatic heterocycles. The molecular formula is C23H20N2O3S. The molecule has 1 N–H and O–H groups in total. The average molecular weight is 404 g/mol. The van der Waals surface area contributed by atoms with Gasteiger partial charge in [0.1, 0.15) is 0 Å². The molecule has 4 rings (SSSR count). The van der Waals surface area contributed by atoms with E-state index in [2.05, 4.69) is 5.32 Å². The molecule has 0 atom stereocenters. The Morgan fingerprint density at radius 1 is 0.862 bits per heavy atom. The summed E-state index contributed by atoms with van der Waals surface area (Å²) >= 11 is 0. The zero-order valence-corrected chi connectivity index (χ0v) is 16.7. The monoisotopic (exact) mass is 404 g/mol. The minimum atomic E-state index is -4.04. The number of amides is 1. The molecule has 0 saturated heterocycles. The Bertz CT molecular complexity index is 1190. The van der Waals surface area contributed by atoms with Crippen molar-refractivity contribution in [2.45, 2.75) is 6.92 Å². The highest BCUT2D eigenvalue weighted by molar-refractivity contribution is 7.97. The van der Waals surface area contributed by atoms with Crippen molar-refractivity contribution in [1.82, 2.24) is 0 Å². The van der Waals surface area contributed by atoms with Gasteiger partial charge in [0.2, 0.25) is 0 Å². The molecule has 0 radical (unpaired) electrons. The molecular weight excluding hydrogens is 384 g/mol. The van der Waals surface area contributed by atoms with E-state index in [-0.39, 0.29) is 11.4 Å². The highest BCUT2D eigenvalue weighted by Gasteiger charge is 2.40. The number of nitrogens with zero attached hydrogens (tertiary/aromatic N) is 1. The molecule has 0 spiro atoms. The third-order valence-corrected chi connectivity index (χ3v) is 6.75. The summed E-state index contributed by atoms with van der Waals surface area (Å²) in [5.74, 6) is -0.650. The summed E-state index contributed by atoms with van der Waals surface area (Å²) in [6.45, 7) is 1.98. The van der Waals surface area contributed by atoms with Gasteiger partial charge >= 0.3 is 0 Å². The van der Waals surface area contributed by atoms with E-state index in [0.29, 0.717) is 28.1 Å². The van der Waals surface area contributed by atoms with Gasteiger partial charge in [-0.2, -0.15) is 0 Å². The molecule has 146 valence electrons. The van der Waals surface area contributed by atoms with E-state index in [1.165, 1.54) is 4.31 Å². The number of hydrogen-bond donors (Lipinski definition) is 1. The van der Waals surface area contributed by atoms with Crippen molar-refractivity contribution in [1.29, 1.82) is 0 Å². The van der Waals surface area contributed by atoms with E-state index in [1.54, 1.807) is 43.3 Å². The fourth-order valence-corrected chi connectivity index (χ4v) is 5.31. The SMILES string of the molecule is CCN1c2ccccc2C(c2ccccc2)=C(C(=O)Nc2ccccc2)S1(=O)=O. The molecule has 0 aliphatic carbocycles. The lowest BCUT2D eigenvalue weighted by Gasteiger charge is -2.32. The molecule has 0 fully saturated rings. The fraction of sp³-hybridized carbons (Fsp3) is 0.0870. The van der Waals surface area contributed by atoms with Crippen LogP contribution in [0.3, 0.4) is 0 Å². The molecule has 0 bridgehead atoms. The molecule has 5 nitrogen and oxygen atoms in total. The zero-order valence-electron chi connectivity index (χ0n) is 15.9. The van der Waals surface area contributed by atoms with Crippen LogP contribution < -0.4 is 9.62 Å². The molecule has 0 unspecified atom stereocenters. The summed E-state index contributed by atoms with van der Waals surface area (Å²) < 4.78 is 28.3. The average Bonchev–Trinajstić information content (AvgIpc) is 2.73. The first-order valence-electron chi connectivity index (χ1n) is 9.32. The van der Waals surface area contributed by atoms with Crippen LogP contribution in [0.5, 0.6) is 0 Å². The molecule has 3 aromatic carbocycles. The van der Waals surface area contributed by atoms with Crippen LogP contribution in [0.4, 0.5) is 11.4 Å². The Morgan fingerprint density at radius 2 is 1.45 bits per heavy atom. The van der Waals surface area contributed by atoms with E-state index >= 15 is 0 Å². The van der Waals surface area contributed by atoms with E-state index < -0.39 is 15.9 Å². The van der Waals surface area contributed by atoms with Crippen LogP contribution >= 0.6 is 0 Å². The Morgan fingerprint density at radius 3 is 2.10 bits per heavy atom. The summed E-state index contributed by atoms with van der Waals surface area (Å²) in [6, 6.07) is 25.3. The first-order chi connectivity index (χ1) is 14.0. The lowest BCUT2D eigenvalue weighted by molar-refractivity contribution is -0.112. The number of anilines is 2. The maximum absolute atomic E-state index is 13.5. The number of fused-ring (bicyclic) bond motifs is 1. The second kappa shape index (κ2) is 7.56. The van der Waals surface area contributed by atoms with Crippen molar-refractivity contribution >= 4 is 32.9 Å². The van der Waals surface area contributed by atoms with Crippen LogP contribution in [0.2, 0.25) is 0 Å². The van der Waals surface area contributed by atoms with Gasteiger partial charge < -0.3 is 5.32 Å². The number of rotatable bonds is 4. The Balaban J connectivity index is 2.00. The van der Waals surface area contributed by atoms with Crippen LogP contribution in [0.15, 0.2) is 89.8 Å². The first-order valence-corrected chi connectivity index (χ1v) is 10.8. The lowest BCUT2D eigenvalue weighted by atomic mass is 9.95. The van der Waals surface area contributed by atoms with E-state index in [1.807, 2.05) is 48.5 Å². The number of nitrogens with one attached hydrogen (secondary N) is 1. The fourth-order valence-electron chi connectivity index (χ4n) is 3.57. The minimum Gasteiger partial charge on any atom is -0.321 e. The molecule has 1 amide bonds. The number of sulfonamides is 1. The predicted molar refractivity (Wildman–Crippen MR) is 116 cm³/mol. The zero-order chi connectivity index (χ0) is 20.4. The van der Waals surface area contributed by atoms with Gasteiger partial charge in [0.15, 0.2) is 4.91 Å². The Hall–Kier alpha value is -3.38. The second-order valence-corrected chi connectivity index (χ2v) is 8.38. The summed E-state index contributed by atoms with van der Waals surface area (Å²) in [5, 5.41) is 2.74. The molecule has 0 aromatic heterocycles. The van der Waals surface area contributed by atoms with Crippen LogP contribution in [0.25, 0.3) is 5.57 Å². The van der Waals surface area contributed by atoms with Crippen LogP contribution in [0.1, 0.15) is 18.1 Å². The van der Waals surface area contributed by atoms with Crippen molar-refractivity contribution in [3.05, 3.63) is 101 Å². The normalized spacial score (nSPS) is 15.0. The molecule has 1 heterocycles. The van der Waals surface area contributed by atoms with Crippen LogP contribution in [-0.2, 0) is 14.8 Å². The molecule has 1 aliphatic rings. The van der Waals surface area contributed by atoms with E-state index in [4.69, 9.17) is 0 Å². The molecule has 29 heavy (non-hydrogen) atoms. The number of benzene rings is 3. The third-order valence-electron chi connectivity index (χ3n) is 4.80. The third kappa shape index (κ3) is 3.32. The highest BCUT2D eigenvalue weighted by Crippen LogP contribution is 2.42. The number of carbonyl (C=O) groups excluding carboxylic acids is 1. The van der Waals surface area contributed by atoms with Gasteiger partial charge in [-0.1, -0.05) is 66.7 Å². The Kier molecular flexibility index (Phi) is 4.94.